The van der Waals surface area contributed by atoms with Crippen molar-refractivity contribution < 1.29 is 0 Å². The fourth-order valence-corrected chi connectivity index (χ4v) is 1.49. The summed E-state index contributed by atoms with van der Waals surface area (Å²) in [4.78, 5) is 4.07. The van der Waals surface area contributed by atoms with Gasteiger partial charge < -0.3 is 5.73 Å². The van der Waals surface area contributed by atoms with Crippen LogP contribution < -0.4 is 5.73 Å². The maximum Gasteiger partial charge on any atom is 0.106 e. The van der Waals surface area contributed by atoms with Gasteiger partial charge in [0.2, 0.25) is 0 Å². The highest BCUT2D eigenvalue weighted by Gasteiger charge is 2.22. The predicted molar refractivity (Wildman–Crippen MR) is 58.3 cm³/mol. The lowest BCUT2D eigenvalue weighted by atomic mass is 9.83. The molecule has 0 aliphatic rings. The first-order valence-corrected chi connectivity index (χ1v) is 5.07. The van der Waals surface area contributed by atoms with E-state index in [0.29, 0.717) is 0 Å². The summed E-state index contributed by atoms with van der Waals surface area (Å²) in [5.74, 6) is 0. The minimum atomic E-state index is 0.0480. The van der Waals surface area contributed by atoms with Crippen molar-refractivity contribution in [2.45, 2.75) is 26.8 Å². The Balaban J connectivity index is 2.96. The SMILES string of the molecule is CC(C)(C)C(N)c1ccnc(Br)c1. The number of nitrogens with zero attached hydrogens (tertiary/aromatic N) is 1. The van der Waals surface area contributed by atoms with Crippen LogP contribution in [0.5, 0.6) is 0 Å². The summed E-state index contributed by atoms with van der Waals surface area (Å²) in [6.07, 6.45) is 1.77. The van der Waals surface area contributed by atoms with E-state index in [0.717, 1.165) is 10.2 Å². The zero-order valence-electron chi connectivity index (χ0n) is 8.21. The van der Waals surface area contributed by atoms with E-state index in [4.69, 9.17) is 5.73 Å². The number of rotatable bonds is 1. The standard InChI is InChI=1S/C10H15BrN2/c1-10(2,3)9(12)7-4-5-13-8(11)6-7/h4-6,9H,12H2,1-3H3. The van der Waals surface area contributed by atoms with Gasteiger partial charge in [0.25, 0.3) is 0 Å². The maximum atomic E-state index is 6.09. The molecule has 1 unspecified atom stereocenters. The Hall–Kier alpha value is -0.410. The monoisotopic (exact) mass is 242 g/mol. The van der Waals surface area contributed by atoms with Gasteiger partial charge in [0.15, 0.2) is 0 Å². The highest BCUT2D eigenvalue weighted by atomic mass is 79.9. The van der Waals surface area contributed by atoms with Crippen LogP contribution in [0.1, 0.15) is 32.4 Å². The van der Waals surface area contributed by atoms with E-state index in [1.54, 1.807) is 6.20 Å². The van der Waals surface area contributed by atoms with Gasteiger partial charge in [-0.2, -0.15) is 0 Å². The summed E-state index contributed by atoms with van der Waals surface area (Å²) in [6, 6.07) is 3.98. The lowest BCUT2D eigenvalue weighted by molar-refractivity contribution is 0.326. The molecule has 2 N–H and O–H groups in total. The third-order valence-electron chi connectivity index (χ3n) is 2.04. The van der Waals surface area contributed by atoms with Crippen LogP contribution in [0.15, 0.2) is 22.9 Å². The fourth-order valence-electron chi connectivity index (χ4n) is 1.11. The van der Waals surface area contributed by atoms with Crippen molar-refractivity contribution in [1.29, 1.82) is 0 Å². The number of hydrogen-bond donors (Lipinski definition) is 1. The van der Waals surface area contributed by atoms with Crippen molar-refractivity contribution in [3.8, 4) is 0 Å². The van der Waals surface area contributed by atoms with Gasteiger partial charge in [0.05, 0.1) is 0 Å². The van der Waals surface area contributed by atoms with Gasteiger partial charge in [-0.3, -0.25) is 0 Å². The second kappa shape index (κ2) is 3.76. The Bertz CT molecular complexity index is 291. The topological polar surface area (TPSA) is 38.9 Å². The Morgan fingerprint density at radius 1 is 1.46 bits per heavy atom. The van der Waals surface area contributed by atoms with Crippen molar-refractivity contribution in [3.05, 3.63) is 28.5 Å². The molecule has 1 rings (SSSR count). The molecule has 0 aromatic carbocycles. The summed E-state index contributed by atoms with van der Waals surface area (Å²) >= 11 is 3.33. The van der Waals surface area contributed by atoms with Crippen LogP contribution in [0.3, 0.4) is 0 Å². The van der Waals surface area contributed by atoms with Crippen molar-refractivity contribution in [2.75, 3.05) is 0 Å². The third kappa shape index (κ3) is 2.78. The van der Waals surface area contributed by atoms with Gasteiger partial charge in [-0.1, -0.05) is 20.8 Å². The molecule has 1 aromatic rings. The summed E-state index contributed by atoms with van der Waals surface area (Å²) in [5, 5.41) is 0. The molecule has 13 heavy (non-hydrogen) atoms. The minimum absolute atomic E-state index is 0.0480. The second-order valence-corrected chi connectivity index (χ2v) is 5.07. The second-order valence-electron chi connectivity index (χ2n) is 4.26. The van der Waals surface area contributed by atoms with E-state index in [9.17, 15) is 0 Å². The largest absolute Gasteiger partial charge is 0.324 e. The van der Waals surface area contributed by atoms with Gasteiger partial charge in [-0.15, -0.1) is 0 Å². The molecule has 0 aliphatic carbocycles. The first-order chi connectivity index (χ1) is 5.91. The summed E-state index contributed by atoms with van der Waals surface area (Å²) in [5.41, 5.74) is 7.30. The highest BCUT2D eigenvalue weighted by molar-refractivity contribution is 9.10. The number of aromatic nitrogens is 1. The zero-order chi connectivity index (χ0) is 10.1. The van der Waals surface area contributed by atoms with Crippen molar-refractivity contribution in [2.24, 2.45) is 11.1 Å². The van der Waals surface area contributed by atoms with E-state index in [1.165, 1.54) is 0 Å². The van der Waals surface area contributed by atoms with Gasteiger partial charge in [0.1, 0.15) is 4.60 Å². The zero-order valence-corrected chi connectivity index (χ0v) is 9.80. The average Bonchev–Trinajstić information content (AvgIpc) is 2.01. The summed E-state index contributed by atoms with van der Waals surface area (Å²) in [6.45, 7) is 6.39. The molecule has 1 aromatic heterocycles. The highest BCUT2D eigenvalue weighted by Crippen LogP contribution is 2.30. The average molecular weight is 243 g/mol. The molecule has 2 nitrogen and oxygen atoms in total. The van der Waals surface area contributed by atoms with Crippen LogP contribution >= 0.6 is 15.9 Å². The molecular formula is C10H15BrN2. The Labute approximate surface area is 87.7 Å². The van der Waals surface area contributed by atoms with Gasteiger partial charge >= 0.3 is 0 Å². The fraction of sp³-hybridized carbons (Fsp3) is 0.500. The van der Waals surface area contributed by atoms with Crippen LogP contribution in [0.4, 0.5) is 0 Å². The van der Waals surface area contributed by atoms with Crippen LogP contribution in [-0.4, -0.2) is 4.98 Å². The van der Waals surface area contributed by atoms with E-state index < -0.39 is 0 Å². The molecule has 3 heteroatoms. The third-order valence-corrected chi connectivity index (χ3v) is 2.48. The molecule has 1 atom stereocenters. The van der Waals surface area contributed by atoms with Gasteiger partial charge in [-0.25, -0.2) is 4.98 Å². The van der Waals surface area contributed by atoms with Crippen molar-refractivity contribution in [1.82, 2.24) is 4.98 Å². The van der Waals surface area contributed by atoms with Crippen LogP contribution in [0.25, 0.3) is 0 Å². The summed E-state index contributed by atoms with van der Waals surface area (Å²) < 4.78 is 0.838. The molecule has 0 spiro atoms. The normalized spacial score (nSPS) is 14.2. The molecule has 0 saturated heterocycles. The van der Waals surface area contributed by atoms with Crippen molar-refractivity contribution in [3.63, 3.8) is 0 Å². The van der Waals surface area contributed by atoms with E-state index in [-0.39, 0.29) is 11.5 Å². The molecule has 0 bridgehead atoms. The van der Waals surface area contributed by atoms with E-state index in [2.05, 4.69) is 41.7 Å². The molecule has 0 saturated carbocycles. The van der Waals surface area contributed by atoms with Crippen LogP contribution in [0, 0.1) is 5.41 Å². The molecule has 1 heterocycles. The Kier molecular flexibility index (Phi) is 3.09. The molecular weight excluding hydrogens is 228 g/mol. The number of pyridine rings is 1. The molecule has 0 aliphatic heterocycles. The summed E-state index contributed by atoms with van der Waals surface area (Å²) in [7, 11) is 0. The molecule has 0 radical (unpaired) electrons. The maximum absolute atomic E-state index is 6.09. The lowest BCUT2D eigenvalue weighted by Gasteiger charge is -2.27. The predicted octanol–water partition coefficient (Wildman–Crippen LogP) is 2.89. The lowest BCUT2D eigenvalue weighted by Crippen LogP contribution is -2.26. The Morgan fingerprint density at radius 3 is 2.54 bits per heavy atom. The van der Waals surface area contributed by atoms with E-state index in [1.807, 2.05) is 12.1 Å². The molecule has 0 amide bonds. The van der Waals surface area contributed by atoms with Crippen LogP contribution in [-0.2, 0) is 0 Å². The Morgan fingerprint density at radius 2 is 2.08 bits per heavy atom. The van der Waals surface area contributed by atoms with Gasteiger partial charge in [-0.05, 0) is 39.0 Å². The quantitative estimate of drug-likeness (QED) is 0.770. The van der Waals surface area contributed by atoms with Crippen molar-refractivity contribution >= 4 is 15.9 Å². The smallest absolute Gasteiger partial charge is 0.106 e. The van der Waals surface area contributed by atoms with Gasteiger partial charge in [0, 0.05) is 12.2 Å². The number of hydrogen-bond acceptors (Lipinski definition) is 2. The molecule has 72 valence electrons. The number of nitrogens with two attached hydrogens (primary N) is 1. The minimum Gasteiger partial charge on any atom is -0.324 e. The first kappa shape index (κ1) is 10.7. The molecule has 0 fully saturated rings. The van der Waals surface area contributed by atoms with E-state index >= 15 is 0 Å². The first-order valence-electron chi connectivity index (χ1n) is 4.28. The van der Waals surface area contributed by atoms with Crippen LogP contribution in [0.2, 0.25) is 0 Å². The number of halogens is 1.